The van der Waals surface area contributed by atoms with E-state index >= 15 is 0 Å². The van der Waals surface area contributed by atoms with Crippen molar-refractivity contribution in [1.82, 2.24) is 4.31 Å². The zero-order chi connectivity index (χ0) is 11.6. The van der Waals surface area contributed by atoms with E-state index in [2.05, 4.69) is 11.2 Å². The first-order valence-electron chi connectivity index (χ1n) is 5.20. The second-order valence-corrected chi connectivity index (χ2v) is 5.51. The molecule has 0 spiro atoms. The van der Waals surface area contributed by atoms with Crippen LogP contribution in [0.2, 0.25) is 0 Å². The number of piperazine rings is 1. The SMILES string of the molecule is [CH2]S(=O)(=O)N1CCN(c2ccccc2)CC1. The van der Waals surface area contributed by atoms with Crippen LogP contribution in [-0.2, 0) is 10.0 Å². The predicted octanol–water partition coefficient (Wildman–Crippen LogP) is 0.930. The molecule has 1 heterocycles. The molecule has 1 aliphatic heterocycles. The van der Waals surface area contributed by atoms with Crippen LogP contribution in [0.4, 0.5) is 5.69 Å². The minimum Gasteiger partial charge on any atom is -0.369 e. The van der Waals surface area contributed by atoms with Crippen molar-refractivity contribution in [1.29, 1.82) is 0 Å². The minimum atomic E-state index is -3.27. The fourth-order valence-electron chi connectivity index (χ4n) is 1.86. The first kappa shape index (κ1) is 11.4. The van der Waals surface area contributed by atoms with Gasteiger partial charge in [0.25, 0.3) is 0 Å². The highest BCUT2D eigenvalue weighted by Gasteiger charge is 2.23. The van der Waals surface area contributed by atoms with Gasteiger partial charge in [0.2, 0.25) is 10.0 Å². The average Bonchev–Trinajstić information content (AvgIpc) is 2.29. The Morgan fingerprint density at radius 3 is 2.06 bits per heavy atom. The Hall–Kier alpha value is -1.07. The van der Waals surface area contributed by atoms with Gasteiger partial charge in [0.15, 0.2) is 0 Å². The van der Waals surface area contributed by atoms with E-state index in [-0.39, 0.29) is 0 Å². The third-order valence-electron chi connectivity index (χ3n) is 2.75. The number of rotatable bonds is 2. The summed E-state index contributed by atoms with van der Waals surface area (Å²) in [5.41, 5.74) is 1.14. The Morgan fingerprint density at radius 1 is 1.00 bits per heavy atom. The van der Waals surface area contributed by atoms with Crippen molar-refractivity contribution in [3.05, 3.63) is 36.6 Å². The topological polar surface area (TPSA) is 40.6 Å². The molecule has 1 radical (unpaired) electrons. The van der Waals surface area contributed by atoms with Crippen LogP contribution < -0.4 is 4.90 Å². The van der Waals surface area contributed by atoms with Gasteiger partial charge in [0.1, 0.15) is 0 Å². The van der Waals surface area contributed by atoms with Crippen LogP contribution >= 0.6 is 0 Å². The summed E-state index contributed by atoms with van der Waals surface area (Å²) >= 11 is 0. The van der Waals surface area contributed by atoms with Crippen LogP contribution in [0.3, 0.4) is 0 Å². The molecule has 87 valence electrons. The Balaban J connectivity index is 2.01. The molecule has 2 rings (SSSR count). The van der Waals surface area contributed by atoms with Crippen LogP contribution in [0.5, 0.6) is 0 Å². The van der Waals surface area contributed by atoms with Gasteiger partial charge in [-0.3, -0.25) is 0 Å². The predicted molar refractivity (Wildman–Crippen MR) is 64.5 cm³/mol. The second-order valence-electron chi connectivity index (χ2n) is 3.83. The molecule has 16 heavy (non-hydrogen) atoms. The molecule has 0 N–H and O–H groups in total. The van der Waals surface area contributed by atoms with Gasteiger partial charge in [0, 0.05) is 31.9 Å². The van der Waals surface area contributed by atoms with Crippen LogP contribution in [0, 0.1) is 6.26 Å². The van der Waals surface area contributed by atoms with Crippen LogP contribution in [0.25, 0.3) is 0 Å². The average molecular weight is 239 g/mol. The van der Waals surface area contributed by atoms with Crippen LogP contribution in [-0.4, -0.2) is 38.9 Å². The van der Waals surface area contributed by atoms with Crippen molar-refractivity contribution in [3.63, 3.8) is 0 Å². The molecule has 1 fully saturated rings. The standard InChI is InChI=1S/C11H15N2O2S/c1-16(14,15)13-9-7-12(8-10-13)11-5-3-2-4-6-11/h2-6H,1,7-10H2. The molecule has 0 amide bonds. The van der Waals surface area contributed by atoms with Crippen molar-refractivity contribution in [3.8, 4) is 0 Å². The molecule has 1 aromatic carbocycles. The molecule has 0 aliphatic carbocycles. The minimum absolute atomic E-state index is 0.515. The molecule has 1 saturated heterocycles. The molecule has 5 heteroatoms. The molecule has 0 saturated carbocycles. The summed E-state index contributed by atoms with van der Waals surface area (Å²) in [6.45, 7) is 2.47. The molecule has 0 aromatic heterocycles. The first-order valence-corrected chi connectivity index (χ1v) is 6.81. The molecule has 0 atom stereocenters. The first-order chi connectivity index (χ1) is 7.57. The number of para-hydroxylation sites is 1. The lowest BCUT2D eigenvalue weighted by atomic mass is 10.2. The number of benzene rings is 1. The van der Waals surface area contributed by atoms with E-state index in [0.717, 1.165) is 18.8 Å². The van der Waals surface area contributed by atoms with Gasteiger partial charge < -0.3 is 4.90 Å². The fraction of sp³-hybridized carbons (Fsp3) is 0.364. The quantitative estimate of drug-likeness (QED) is 0.771. The van der Waals surface area contributed by atoms with E-state index in [0.29, 0.717) is 13.1 Å². The summed E-state index contributed by atoms with van der Waals surface area (Å²) in [7, 11) is -3.27. The zero-order valence-electron chi connectivity index (χ0n) is 9.04. The normalized spacial score (nSPS) is 18.7. The molecule has 1 aliphatic rings. The number of hydrogen-bond donors (Lipinski definition) is 0. The van der Waals surface area contributed by atoms with Gasteiger partial charge in [-0.15, -0.1) is 0 Å². The van der Waals surface area contributed by atoms with Crippen LogP contribution in [0.15, 0.2) is 30.3 Å². The van der Waals surface area contributed by atoms with Crippen molar-refractivity contribution in [2.75, 3.05) is 31.1 Å². The summed E-state index contributed by atoms with van der Waals surface area (Å²) < 4.78 is 23.9. The zero-order valence-corrected chi connectivity index (χ0v) is 9.86. The third-order valence-corrected chi connectivity index (χ3v) is 3.91. The summed E-state index contributed by atoms with van der Waals surface area (Å²) in [4.78, 5) is 2.18. The Labute approximate surface area is 96.5 Å². The van der Waals surface area contributed by atoms with E-state index in [1.807, 2.05) is 30.3 Å². The fourth-order valence-corrected chi connectivity index (χ4v) is 2.58. The summed E-state index contributed by atoms with van der Waals surface area (Å²) in [5, 5.41) is 0. The monoisotopic (exact) mass is 239 g/mol. The molecule has 4 nitrogen and oxygen atoms in total. The smallest absolute Gasteiger partial charge is 0.215 e. The maximum absolute atomic E-state index is 11.2. The molecule has 0 unspecified atom stereocenters. The molecular weight excluding hydrogens is 224 g/mol. The van der Waals surface area contributed by atoms with Gasteiger partial charge >= 0.3 is 0 Å². The molecule has 1 aromatic rings. The second kappa shape index (κ2) is 4.43. The van der Waals surface area contributed by atoms with Gasteiger partial charge in [-0.1, -0.05) is 18.2 Å². The Kier molecular flexibility index (Phi) is 3.16. The summed E-state index contributed by atoms with van der Waals surface area (Å²) in [5.74, 6) is 0. The Morgan fingerprint density at radius 2 is 1.56 bits per heavy atom. The highest BCUT2D eigenvalue weighted by atomic mass is 32.2. The summed E-state index contributed by atoms with van der Waals surface area (Å²) in [6, 6.07) is 10.0. The lowest BCUT2D eigenvalue weighted by Crippen LogP contribution is -2.47. The Bertz CT molecular complexity index is 436. The lowest BCUT2D eigenvalue weighted by molar-refractivity contribution is 0.389. The molecule has 0 bridgehead atoms. The number of nitrogens with zero attached hydrogens (tertiary/aromatic N) is 2. The highest BCUT2D eigenvalue weighted by Crippen LogP contribution is 2.16. The van der Waals surface area contributed by atoms with Crippen molar-refractivity contribution >= 4 is 15.7 Å². The van der Waals surface area contributed by atoms with Gasteiger partial charge in [-0.25, -0.2) is 8.42 Å². The largest absolute Gasteiger partial charge is 0.369 e. The third kappa shape index (κ3) is 2.54. The maximum atomic E-state index is 11.2. The van der Waals surface area contributed by atoms with Crippen molar-refractivity contribution < 1.29 is 8.42 Å². The van der Waals surface area contributed by atoms with Crippen molar-refractivity contribution in [2.24, 2.45) is 0 Å². The number of anilines is 1. The van der Waals surface area contributed by atoms with Gasteiger partial charge in [-0.05, 0) is 12.1 Å². The van der Waals surface area contributed by atoms with E-state index in [1.54, 1.807) is 0 Å². The number of sulfonamides is 1. The van der Waals surface area contributed by atoms with Crippen LogP contribution in [0.1, 0.15) is 0 Å². The number of hydrogen-bond acceptors (Lipinski definition) is 3. The van der Waals surface area contributed by atoms with Gasteiger partial charge in [-0.2, -0.15) is 4.31 Å². The van der Waals surface area contributed by atoms with E-state index in [9.17, 15) is 8.42 Å². The lowest BCUT2D eigenvalue weighted by Gasteiger charge is -2.34. The van der Waals surface area contributed by atoms with Gasteiger partial charge in [0.05, 0.1) is 6.26 Å². The maximum Gasteiger partial charge on any atom is 0.215 e. The van der Waals surface area contributed by atoms with E-state index in [4.69, 9.17) is 0 Å². The highest BCUT2D eigenvalue weighted by molar-refractivity contribution is 7.90. The summed E-state index contributed by atoms with van der Waals surface area (Å²) in [6.07, 6.45) is 3.17. The molecular formula is C11H15N2O2S. The van der Waals surface area contributed by atoms with E-state index < -0.39 is 10.0 Å². The van der Waals surface area contributed by atoms with Crippen molar-refractivity contribution in [2.45, 2.75) is 0 Å². The van der Waals surface area contributed by atoms with E-state index in [1.165, 1.54) is 4.31 Å².